The van der Waals surface area contributed by atoms with E-state index in [0.717, 1.165) is 18.4 Å². The normalized spacial score (nSPS) is 48.4. The van der Waals surface area contributed by atoms with E-state index in [0.29, 0.717) is 12.8 Å². The van der Waals surface area contributed by atoms with Gasteiger partial charge in [-0.3, -0.25) is 4.79 Å². The second-order valence-electron chi connectivity index (χ2n) is 11.7. The van der Waals surface area contributed by atoms with Crippen molar-refractivity contribution >= 4 is 11.8 Å². The zero-order valence-electron chi connectivity index (χ0n) is 19.2. The Labute approximate surface area is 184 Å². The summed E-state index contributed by atoms with van der Waals surface area (Å²) in [5, 5.41) is 11.7. The number of furan rings is 1. The van der Waals surface area contributed by atoms with Crippen LogP contribution in [-0.2, 0) is 14.3 Å². The van der Waals surface area contributed by atoms with Crippen LogP contribution in [0.5, 0.6) is 0 Å². The highest BCUT2D eigenvalue weighted by Gasteiger charge is 2.71. The number of esters is 1. The van der Waals surface area contributed by atoms with Crippen molar-refractivity contribution in [2.75, 3.05) is 0 Å². The van der Waals surface area contributed by atoms with Crippen molar-refractivity contribution in [2.24, 2.45) is 34.0 Å². The Bertz CT molecular complexity index is 945. The molecule has 1 aromatic heterocycles. The van der Waals surface area contributed by atoms with Gasteiger partial charge in [0, 0.05) is 29.7 Å². The summed E-state index contributed by atoms with van der Waals surface area (Å²) < 4.78 is 11.1. The topological polar surface area (TPSA) is 76.7 Å². The quantitative estimate of drug-likeness (QED) is 0.661. The third kappa shape index (κ3) is 2.59. The first-order valence-electron chi connectivity index (χ1n) is 11.6. The van der Waals surface area contributed by atoms with Crippen LogP contribution in [0.25, 0.3) is 0 Å². The SMILES string of the molecule is CC1(C)OC(=O)C=CC2(C)C1CC(O)C1(C)C2CCC2(C)C(c3ccoc3)CC(=O)C21. The molecule has 0 amide bonds. The van der Waals surface area contributed by atoms with Crippen LogP contribution in [-0.4, -0.2) is 28.6 Å². The average Bonchev–Trinajstić information content (AvgIpc) is 3.27. The number of cyclic esters (lactones) is 1. The van der Waals surface area contributed by atoms with Gasteiger partial charge in [-0.15, -0.1) is 0 Å². The second-order valence-corrected chi connectivity index (χ2v) is 11.7. The highest BCUT2D eigenvalue weighted by molar-refractivity contribution is 5.87. The van der Waals surface area contributed by atoms with Gasteiger partial charge in [0.2, 0.25) is 0 Å². The lowest BCUT2D eigenvalue weighted by atomic mass is 9.39. The molecule has 168 valence electrons. The third-order valence-electron chi connectivity index (χ3n) is 9.93. The van der Waals surface area contributed by atoms with Crippen molar-refractivity contribution in [1.82, 2.24) is 0 Å². The summed E-state index contributed by atoms with van der Waals surface area (Å²) in [4.78, 5) is 25.9. The van der Waals surface area contributed by atoms with Crippen LogP contribution >= 0.6 is 0 Å². The summed E-state index contributed by atoms with van der Waals surface area (Å²) in [6, 6.07) is 1.98. The number of aliphatic hydroxyl groups is 1. The van der Waals surface area contributed by atoms with Gasteiger partial charge in [-0.1, -0.05) is 26.8 Å². The Morgan fingerprint density at radius 2 is 1.84 bits per heavy atom. The van der Waals surface area contributed by atoms with Gasteiger partial charge < -0.3 is 14.3 Å². The fraction of sp³-hybridized carbons (Fsp3) is 0.692. The maximum absolute atomic E-state index is 13.6. The summed E-state index contributed by atoms with van der Waals surface area (Å²) in [6.45, 7) is 10.5. The molecule has 0 bridgehead atoms. The molecule has 5 nitrogen and oxygen atoms in total. The molecular formula is C26H34O5. The van der Waals surface area contributed by atoms with Crippen LogP contribution < -0.4 is 0 Å². The first-order valence-corrected chi connectivity index (χ1v) is 11.6. The molecule has 1 aromatic rings. The number of hydrogen-bond acceptors (Lipinski definition) is 5. The van der Waals surface area contributed by atoms with Crippen molar-refractivity contribution < 1.29 is 23.8 Å². The van der Waals surface area contributed by atoms with E-state index in [1.807, 2.05) is 26.0 Å². The van der Waals surface area contributed by atoms with Crippen LogP contribution in [0, 0.1) is 34.0 Å². The minimum absolute atomic E-state index is 0.0127. The molecular weight excluding hydrogens is 392 g/mol. The predicted molar refractivity (Wildman–Crippen MR) is 115 cm³/mol. The van der Waals surface area contributed by atoms with E-state index in [1.54, 1.807) is 18.6 Å². The number of rotatable bonds is 1. The zero-order valence-corrected chi connectivity index (χ0v) is 19.2. The van der Waals surface area contributed by atoms with Crippen molar-refractivity contribution in [3.05, 3.63) is 36.3 Å². The Morgan fingerprint density at radius 1 is 1.10 bits per heavy atom. The number of carbonyl (C=O) groups is 2. The molecule has 3 aliphatic carbocycles. The number of ether oxygens (including phenoxy) is 1. The van der Waals surface area contributed by atoms with Crippen molar-refractivity contribution in [1.29, 1.82) is 0 Å². The molecule has 3 fully saturated rings. The van der Waals surface area contributed by atoms with Gasteiger partial charge in [-0.05, 0) is 67.4 Å². The van der Waals surface area contributed by atoms with Crippen LogP contribution in [0.3, 0.4) is 0 Å². The number of fused-ring (bicyclic) bond motifs is 5. The summed E-state index contributed by atoms with van der Waals surface area (Å²) in [7, 11) is 0. The minimum Gasteiger partial charge on any atom is -0.472 e. The lowest BCUT2D eigenvalue weighted by Crippen LogP contribution is -2.66. The largest absolute Gasteiger partial charge is 0.472 e. The Balaban J connectivity index is 1.63. The lowest BCUT2D eigenvalue weighted by Gasteiger charge is -2.65. The minimum atomic E-state index is -0.683. The predicted octanol–water partition coefficient (Wildman–Crippen LogP) is 4.65. The maximum atomic E-state index is 13.6. The fourth-order valence-corrected chi connectivity index (χ4v) is 8.69. The van der Waals surface area contributed by atoms with Gasteiger partial charge in [-0.25, -0.2) is 4.79 Å². The van der Waals surface area contributed by atoms with Crippen LogP contribution in [0.1, 0.15) is 71.8 Å². The Morgan fingerprint density at radius 3 is 2.52 bits per heavy atom. The average molecular weight is 427 g/mol. The first kappa shape index (κ1) is 21.0. The molecule has 3 saturated carbocycles. The van der Waals surface area contributed by atoms with Crippen LogP contribution in [0.2, 0.25) is 0 Å². The molecule has 8 unspecified atom stereocenters. The summed E-state index contributed by atoms with van der Waals surface area (Å²) >= 11 is 0. The van der Waals surface area contributed by atoms with E-state index in [2.05, 4.69) is 20.8 Å². The molecule has 0 spiro atoms. The first-order chi connectivity index (χ1) is 14.4. The molecule has 1 aliphatic heterocycles. The summed E-state index contributed by atoms with van der Waals surface area (Å²) in [5.74, 6) is -0.0982. The van der Waals surface area contributed by atoms with E-state index in [4.69, 9.17) is 9.15 Å². The van der Waals surface area contributed by atoms with E-state index in [-0.39, 0.29) is 46.3 Å². The van der Waals surface area contributed by atoms with Gasteiger partial charge in [0.15, 0.2) is 0 Å². The molecule has 0 radical (unpaired) electrons. The smallest absolute Gasteiger partial charge is 0.330 e. The van der Waals surface area contributed by atoms with Gasteiger partial charge in [0.05, 0.1) is 18.6 Å². The molecule has 8 atom stereocenters. The molecule has 1 N–H and O–H groups in total. The highest BCUT2D eigenvalue weighted by Crippen LogP contribution is 2.72. The molecule has 5 heteroatoms. The molecule has 0 saturated heterocycles. The lowest BCUT2D eigenvalue weighted by molar-refractivity contribution is -0.219. The van der Waals surface area contributed by atoms with E-state index >= 15 is 0 Å². The van der Waals surface area contributed by atoms with Gasteiger partial charge in [0.25, 0.3) is 0 Å². The number of aliphatic hydroxyl groups excluding tert-OH is 1. The standard InChI is InChI=1S/C26H34O5/c1-23(2)19-13-20(28)26(5)18(25(19,4)10-7-21(29)31-23)6-9-24(3)16(12-17(27)22(24)26)15-8-11-30-14-15/h7-8,10-11,14,16,18-20,22,28H,6,9,12-13H2,1-5H3. The van der Waals surface area contributed by atoms with Gasteiger partial charge in [0.1, 0.15) is 11.4 Å². The van der Waals surface area contributed by atoms with Crippen molar-refractivity contribution in [2.45, 2.75) is 77.9 Å². The Kier molecular flexibility index (Phi) is 4.29. The highest BCUT2D eigenvalue weighted by atomic mass is 16.6. The molecule has 5 rings (SSSR count). The zero-order chi connectivity index (χ0) is 22.4. The molecule has 4 aliphatic rings. The second kappa shape index (κ2) is 6.34. The summed E-state index contributed by atoms with van der Waals surface area (Å²) in [6.07, 6.45) is 9.26. The molecule has 2 heterocycles. The van der Waals surface area contributed by atoms with E-state index in [1.165, 1.54) is 0 Å². The van der Waals surface area contributed by atoms with Crippen LogP contribution in [0.4, 0.5) is 0 Å². The number of ketones is 1. The fourth-order valence-electron chi connectivity index (χ4n) is 8.69. The van der Waals surface area contributed by atoms with E-state index in [9.17, 15) is 14.7 Å². The summed E-state index contributed by atoms with van der Waals surface area (Å²) in [5.41, 5.74) is -0.700. The van der Waals surface area contributed by atoms with Crippen molar-refractivity contribution in [3.63, 3.8) is 0 Å². The number of Topliss-reactive ketones (excluding diaryl/α,β-unsaturated/α-hetero) is 1. The van der Waals surface area contributed by atoms with Gasteiger partial charge in [-0.2, -0.15) is 0 Å². The molecule has 31 heavy (non-hydrogen) atoms. The number of carbonyl (C=O) groups excluding carboxylic acids is 2. The van der Waals surface area contributed by atoms with Crippen molar-refractivity contribution in [3.8, 4) is 0 Å². The maximum Gasteiger partial charge on any atom is 0.330 e. The Hall–Kier alpha value is -1.88. The van der Waals surface area contributed by atoms with E-state index < -0.39 is 17.1 Å². The van der Waals surface area contributed by atoms with Gasteiger partial charge >= 0.3 is 5.97 Å². The van der Waals surface area contributed by atoms with Crippen LogP contribution in [0.15, 0.2) is 35.2 Å². The third-order valence-corrected chi connectivity index (χ3v) is 9.93. The molecule has 0 aromatic carbocycles. The number of allylic oxidation sites excluding steroid dienone is 1. The number of hydrogen-bond donors (Lipinski definition) is 1. The monoisotopic (exact) mass is 426 g/mol.